The van der Waals surface area contributed by atoms with Crippen LogP contribution in [0, 0.1) is 5.92 Å². The second kappa shape index (κ2) is 6.44. The Labute approximate surface area is 154 Å². The maximum atomic E-state index is 13.1. The number of hydrogen-bond donors (Lipinski definition) is 1. The summed E-state index contributed by atoms with van der Waals surface area (Å²) in [5, 5.41) is 3.40. The summed E-state index contributed by atoms with van der Waals surface area (Å²) in [6.07, 6.45) is 0.465. The summed E-state index contributed by atoms with van der Waals surface area (Å²) in [4.78, 5) is 11.6. The highest BCUT2D eigenvalue weighted by molar-refractivity contribution is 5.89. The lowest BCUT2D eigenvalue weighted by Crippen LogP contribution is -2.29. The van der Waals surface area contributed by atoms with Crippen molar-refractivity contribution in [2.75, 3.05) is 12.4 Å². The monoisotopic (exact) mass is 373 g/mol. The number of allylic oxidation sites excluding steroid dienone is 2. The summed E-state index contributed by atoms with van der Waals surface area (Å²) in [7, 11) is 1.33. The van der Waals surface area contributed by atoms with E-state index in [1.165, 1.54) is 19.2 Å². The maximum absolute atomic E-state index is 13.1. The van der Waals surface area contributed by atoms with E-state index in [0.717, 1.165) is 23.7 Å². The fraction of sp³-hybridized carbons (Fsp3) is 0.286. The van der Waals surface area contributed by atoms with Crippen LogP contribution in [0.25, 0.3) is 0 Å². The zero-order valence-corrected chi connectivity index (χ0v) is 14.6. The molecule has 0 amide bonds. The Hall–Kier alpha value is -2.76. The molecule has 0 unspecified atom stereocenters. The van der Waals surface area contributed by atoms with Gasteiger partial charge in [0, 0.05) is 11.6 Å². The van der Waals surface area contributed by atoms with Crippen LogP contribution in [0.2, 0.25) is 0 Å². The standard InChI is InChI=1S/C21H18F3NO2/c1-27-20(26)13-7-5-12(6-8-13)19-16-4-2-3-15(16)17-11-14(21(22,23)24)9-10-18(17)25-19/h2-3,5-11,15-16,19,25H,4H2,1H3/t15-,16+,19+/m1/s1. The van der Waals surface area contributed by atoms with Crippen LogP contribution in [0.5, 0.6) is 0 Å². The third kappa shape index (κ3) is 3.09. The fourth-order valence-electron chi connectivity index (χ4n) is 4.05. The molecule has 1 heterocycles. The second-order valence-electron chi connectivity index (χ2n) is 6.89. The Balaban J connectivity index is 1.69. The van der Waals surface area contributed by atoms with Gasteiger partial charge in [-0.25, -0.2) is 4.79 Å². The number of esters is 1. The first-order valence-electron chi connectivity index (χ1n) is 8.71. The lowest BCUT2D eigenvalue weighted by atomic mass is 9.76. The Morgan fingerprint density at radius 2 is 1.89 bits per heavy atom. The maximum Gasteiger partial charge on any atom is 0.416 e. The summed E-state index contributed by atoms with van der Waals surface area (Å²) >= 11 is 0. The van der Waals surface area contributed by atoms with E-state index in [0.29, 0.717) is 11.1 Å². The molecule has 1 N–H and O–H groups in total. The number of carbonyl (C=O) groups excluding carboxylic acids is 1. The van der Waals surface area contributed by atoms with Gasteiger partial charge >= 0.3 is 12.1 Å². The Morgan fingerprint density at radius 1 is 1.15 bits per heavy atom. The third-order valence-corrected chi connectivity index (χ3v) is 5.38. The Bertz CT molecular complexity index is 903. The van der Waals surface area contributed by atoms with Gasteiger partial charge in [-0.15, -0.1) is 0 Å². The molecule has 0 saturated heterocycles. The summed E-state index contributed by atoms with van der Waals surface area (Å²) in [6, 6.07) is 11.0. The zero-order valence-electron chi connectivity index (χ0n) is 14.6. The SMILES string of the molecule is COC(=O)c1ccc([C@@H]2Nc3ccc(C(F)(F)F)cc3[C@@H]3C=CC[C@@H]32)cc1. The first-order chi connectivity index (χ1) is 12.9. The van der Waals surface area contributed by atoms with Crippen molar-refractivity contribution in [3.63, 3.8) is 0 Å². The predicted octanol–water partition coefficient (Wildman–Crippen LogP) is 5.32. The normalized spacial score (nSPS) is 23.3. The number of fused-ring (bicyclic) bond motifs is 3. The molecule has 0 spiro atoms. The number of rotatable bonds is 2. The molecule has 0 aromatic heterocycles. The van der Waals surface area contributed by atoms with Crippen LogP contribution in [0.1, 0.15) is 45.4 Å². The first kappa shape index (κ1) is 17.6. The summed E-state index contributed by atoms with van der Waals surface area (Å²) in [5.74, 6) is -0.331. The van der Waals surface area contributed by atoms with E-state index in [2.05, 4.69) is 5.32 Å². The minimum absolute atomic E-state index is 0.0408. The van der Waals surface area contributed by atoms with Gasteiger partial charge in [-0.1, -0.05) is 24.3 Å². The number of anilines is 1. The van der Waals surface area contributed by atoms with Crippen molar-refractivity contribution in [3.8, 4) is 0 Å². The molecule has 4 rings (SSSR count). The van der Waals surface area contributed by atoms with Crippen molar-refractivity contribution in [2.24, 2.45) is 5.92 Å². The molecule has 2 aliphatic rings. The Morgan fingerprint density at radius 3 is 2.56 bits per heavy atom. The van der Waals surface area contributed by atoms with Crippen molar-refractivity contribution >= 4 is 11.7 Å². The minimum atomic E-state index is -4.35. The molecule has 3 nitrogen and oxygen atoms in total. The van der Waals surface area contributed by atoms with Crippen LogP contribution in [0.3, 0.4) is 0 Å². The highest BCUT2D eigenvalue weighted by atomic mass is 19.4. The van der Waals surface area contributed by atoms with Gasteiger partial charge in [0.05, 0.1) is 24.3 Å². The van der Waals surface area contributed by atoms with Crippen molar-refractivity contribution in [2.45, 2.75) is 24.6 Å². The van der Waals surface area contributed by atoms with Gasteiger partial charge in [-0.05, 0) is 53.8 Å². The molecule has 3 atom stereocenters. The lowest BCUT2D eigenvalue weighted by Gasteiger charge is -2.38. The molecule has 0 radical (unpaired) electrons. The number of benzene rings is 2. The topological polar surface area (TPSA) is 38.3 Å². The van der Waals surface area contributed by atoms with E-state index in [1.54, 1.807) is 12.1 Å². The molecule has 0 saturated carbocycles. The summed E-state index contributed by atoms with van der Waals surface area (Å²) in [6.45, 7) is 0. The molecule has 1 aliphatic heterocycles. The number of methoxy groups -OCH3 is 1. The van der Waals surface area contributed by atoms with E-state index >= 15 is 0 Å². The van der Waals surface area contributed by atoms with E-state index < -0.39 is 17.7 Å². The number of hydrogen-bond acceptors (Lipinski definition) is 3. The highest BCUT2D eigenvalue weighted by Crippen LogP contribution is 2.50. The van der Waals surface area contributed by atoms with Crippen LogP contribution in [0.15, 0.2) is 54.6 Å². The minimum Gasteiger partial charge on any atom is -0.465 e. The summed E-state index contributed by atoms with van der Waals surface area (Å²) < 4.78 is 44.0. The second-order valence-corrected chi connectivity index (χ2v) is 6.89. The number of carbonyl (C=O) groups is 1. The fourth-order valence-corrected chi connectivity index (χ4v) is 4.05. The lowest BCUT2D eigenvalue weighted by molar-refractivity contribution is -0.137. The van der Waals surface area contributed by atoms with Crippen LogP contribution in [-0.4, -0.2) is 13.1 Å². The molecule has 2 aromatic rings. The largest absolute Gasteiger partial charge is 0.465 e. The van der Waals surface area contributed by atoms with Crippen molar-refractivity contribution in [3.05, 3.63) is 76.9 Å². The van der Waals surface area contributed by atoms with Crippen LogP contribution in [0.4, 0.5) is 18.9 Å². The molecule has 0 bridgehead atoms. The molecule has 2 aromatic carbocycles. The van der Waals surface area contributed by atoms with E-state index in [1.807, 2.05) is 24.3 Å². The molecular weight excluding hydrogens is 355 g/mol. The summed E-state index contributed by atoms with van der Waals surface area (Å²) in [5.41, 5.74) is 2.24. The van der Waals surface area contributed by atoms with Gasteiger partial charge in [-0.2, -0.15) is 13.2 Å². The quantitative estimate of drug-likeness (QED) is 0.572. The van der Waals surface area contributed by atoms with Crippen LogP contribution in [-0.2, 0) is 10.9 Å². The predicted molar refractivity (Wildman–Crippen MR) is 95.6 cm³/mol. The molecule has 6 heteroatoms. The van der Waals surface area contributed by atoms with Crippen molar-refractivity contribution < 1.29 is 22.7 Å². The molecule has 27 heavy (non-hydrogen) atoms. The molecule has 0 fully saturated rings. The van der Waals surface area contributed by atoms with Gasteiger partial charge in [-0.3, -0.25) is 0 Å². The zero-order chi connectivity index (χ0) is 19.2. The third-order valence-electron chi connectivity index (χ3n) is 5.38. The molecule has 140 valence electrons. The van der Waals surface area contributed by atoms with Crippen LogP contribution >= 0.6 is 0 Å². The first-order valence-corrected chi connectivity index (χ1v) is 8.71. The van der Waals surface area contributed by atoms with E-state index in [4.69, 9.17) is 4.74 Å². The Kier molecular flexibility index (Phi) is 4.21. The van der Waals surface area contributed by atoms with E-state index in [9.17, 15) is 18.0 Å². The highest BCUT2D eigenvalue weighted by Gasteiger charge is 2.40. The van der Waals surface area contributed by atoms with Gasteiger partial charge in [0.2, 0.25) is 0 Å². The number of ether oxygens (including phenoxy) is 1. The van der Waals surface area contributed by atoms with Crippen LogP contribution < -0.4 is 5.32 Å². The molecular formula is C21H18F3NO2. The van der Waals surface area contributed by atoms with Crippen molar-refractivity contribution in [1.29, 1.82) is 0 Å². The number of nitrogens with one attached hydrogen (secondary N) is 1. The average Bonchev–Trinajstić information content (AvgIpc) is 3.16. The van der Waals surface area contributed by atoms with Gasteiger partial charge in [0.15, 0.2) is 0 Å². The van der Waals surface area contributed by atoms with Gasteiger partial charge in [0.25, 0.3) is 0 Å². The number of halogens is 3. The molecule has 1 aliphatic carbocycles. The van der Waals surface area contributed by atoms with E-state index in [-0.39, 0.29) is 17.9 Å². The smallest absolute Gasteiger partial charge is 0.416 e. The van der Waals surface area contributed by atoms with Crippen molar-refractivity contribution in [1.82, 2.24) is 0 Å². The van der Waals surface area contributed by atoms with Gasteiger partial charge < -0.3 is 10.1 Å². The van der Waals surface area contributed by atoms with Gasteiger partial charge in [0.1, 0.15) is 0 Å². The number of alkyl halides is 3. The average molecular weight is 373 g/mol.